The minimum atomic E-state index is -0.148. The molecule has 1 amide bonds. The Bertz CT molecular complexity index is 1270. The number of hydrogen-bond donors (Lipinski definition) is 0. The van der Waals surface area contributed by atoms with Gasteiger partial charge in [-0.3, -0.25) is 9.48 Å². The van der Waals surface area contributed by atoms with Crippen LogP contribution >= 0.6 is 0 Å². The molecular formula is C27H29N5O3. The number of piperidine rings is 1. The zero-order chi connectivity index (χ0) is 25.4. The number of aryl methyl sites for hydroxylation is 1. The fourth-order valence-electron chi connectivity index (χ4n) is 3.98. The van der Waals surface area contributed by atoms with Gasteiger partial charge in [0.15, 0.2) is 0 Å². The predicted octanol–water partition coefficient (Wildman–Crippen LogP) is 3.50. The second kappa shape index (κ2) is 11.7. The van der Waals surface area contributed by atoms with Gasteiger partial charge in [0, 0.05) is 43.2 Å². The Morgan fingerprint density at radius 2 is 2.00 bits per heavy atom. The third kappa shape index (κ3) is 5.62. The SMILES string of the molecule is C#C.CC#Cc1ccnc(O[C@@H]2CCCN(C(=O)c3ccc(OC)nc3-c3ccnn3C)C2)c1C. The average Bonchev–Trinajstić information content (AvgIpc) is 3.32. The van der Waals surface area contributed by atoms with Gasteiger partial charge in [0.05, 0.1) is 24.9 Å². The van der Waals surface area contributed by atoms with Crippen LogP contribution in [0.15, 0.2) is 36.7 Å². The third-order valence-electron chi connectivity index (χ3n) is 5.73. The van der Waals surface area contributed by atoms with E-state index >= 15 is 0 Å². The largest absolute Gasteiger partial charge is 0.481 e. The molecule has 1 aliphatic heterocycles. The number of ether oxygens (including phenoxy) is 2. The van der Waals surface area contributed by atoms with Crippen LogP contribution in [0.3, 0.4) is 0 Å². The van der Waals surface area contributed by atoms with Gasteiger partial charge in [-0.2, -0.15) is 5.10 Å². The van der Waals surface area contributed by atoms with Crippen LogP contribution in [0.5, 0.6) is 11.8 Å². The summed E-state index contributed by atoms with van der Waals surface area (Å²) in [5.41, 5.74) is 3.61. The first-order valence-electron chi connectivity index (χ1n) is 11.2. The van der Waals surface area contributed by atoms with Crippen molar-refractivity contribution in [2.24, 2.45) is 7.05 Å². The number of rotatable bonds is 5. The molecule has 0 spiro atoms. The van der Waals surface area contributed by atoms with E-state index in [1.54, 1.807) is 43.2 Å². The van der Waals surface area contributed by atoms with Crippen molar-refractivity contribution in [2.45, 2.75) is 32.8 Å². The lowest BCUT2D eigenvalue weighted by Gasteiger charge is -2.33. The second-order valence-corrected chi connectivity index (χ2v) is 7.89. The standard InChI is InChI=1S/C25H27N5O3.C2H2/c1-5-7-18-11-13-26-24(17(18)2)33-19-8-6-15-30(16-19)25(31)20-9-10-22(32-4)28-23(20)21-12-14-27-29(21)3;1-2/h9-14,19H,6,8,15-16H2,1-4H3;1-2H/t19-;/m1./s1. The number of carbonyl (C=O) groups is 1. The summed E-state index contributed by atoms with van der Waals surface area (Å²) in [6.45, 7) is 4.89. The smallest absolute Gasteiger partial charge is 0.256 e. The van der Waals surface area contributed by atoms with Crippen LogP contribution in [-0.4, -0.2) is 56.9 Å². The summed E-state index contributed by atoms with van der Waals surface area (Å²) < 4.78 is 13.2. The molecule has 0 aromatic carbocycles. The molecule has 8 heteroatoms. The Balaban J connectivity index is 0.00000167. The van der Waals surface area contributed by atoms with Crippen molar-refractivity contribution >= 4 is 5.91 Å². The van der Waals surface area contributed by atoms with Gasteiger partial charge in [-0.25, -0.2) is 9.97 Å². The van der Waals surface area contributed by atoms with Crippen molar-refractivity contribution in [3.63, 3.8) is 0 Å². The van der Waals surface area contributed by atoms with E-state index in [4.69, 9.17) is 9.47 Å². The molecule has 4 heterocycles. The van der Waals surface area contributed by atoms with Gasteiger partial charge < -0.3 is 14.4 Å². The van der Waals surface area contributed by atoms with Gasteiger partial charge in [-0.1, -0.05) is 5.92 Å². The number of methoxy groups -OCH3 is 1. The number of nitrogens with zero attached hydrogens (tertiary/aromatic N) is 5. The fourth-order valence-corrected chi connectivity index (χ4v) is 3.98. The van der Waals surface area contributed by atoms with Crippen molar-refractivity contribution in [3.05, 3.63) is 53.3 Å². The highest BCUT2D eigenvalue weighted by atomic mass is 16.5. The molecule has 1 aliphatic rings. The van der Waals surface area contributed by atoms with Gasteiger partial charge in [-0.15, -0.1) is 18.8 Å². The van der Waals surface area contributed by atoms with E-state index in [1.807, 2.05) is 31.0 Å². The minimum Gasteiger partial charge on any atom is -0.481 e. The maximum Gasteiger partial charge on any atom is 0.256 e. The third-order valence-corrected chi connectivity index (χ3v) is 5.73. The van der Waals surface area contributed by atoms with Crippen molar-refractivity contribution in [1.29, 1.82) is 0 Å². The van der Waals surface area contributed by atoms with E-state index in [2.05, 4.69) is 39.8 Å². The highest BCUT2D eigenvalue weighted by Crippen LogP contribution is 2.27. The molecule has 3 aromatic heterocycles. The molecule has 4 rings (SSSR count). The van der Waals surface area contributed by atoms with E-state index < -0.39 is 0 Å². The lowest BCUT2D eigenvalue weighted by molar-refractivity contribution is 0.0526. The summed E-state index contributed by atoms with van der Waals surface area (Å²) in [4.78, 5) is 24.3. The molecule has 1 atom stereocenters. The lowest BCUT2D eigenvalue weighted by atomic mass is 10.0. The van der Waals surface area contributed by atoms with E-state index in [1.165, 1.54) is 0 Å². The van der Waals surface area contributed by atoms with E-state index in [-0.39, 0.29) is 12.0 Å². The van der Waals surface area contributed by atoms with Crippen LogP contribution in [0.1, 0.15) is 41.3 Å². The average molecular weight is 472 g/mol. The molecule has 0 aliphatic carbocycles. The first-order valence-corrected chi connectivity index (χ1v) is 11.2. The molecule has 35 heavy (non-hydrogen) atoms. The summed E-state index contributed by atoms with van der Waals surface area (Å²) in [7, 11) is 3.38. The summed E-state index contributed by atoms with van der Waals surface area (Å²) in [5, 5.41) is 4.22. The Kier molecular flexibility index (Phi) is 8.48. The maximum atomic E-state index is 13.6. The molecule has 0 unspecified atom stereocenters. The summed E-state index contributed by atoms with van der Waals surface area (Å²) in [5.74, 6) is 6.91. The molecule has 0 N–H and O–H groups in total. The molecule has 1 fully saturated rings. The number of amides is 1. The number of likely N-dealkylation sites (tertiary alicyclic amines) is 1. The Labute approximate surface area is 206 Å². The maximum absolute atomic E-state index is 13.6. The highest BCUT2D eigenvalue weighted by molar-refractivity contribution is 5.99. The molecule has 1 saturated heterocycles. The normalized spacial score (nSPS) is 14.7. The molecule has 8 nitrogen and oxygen atoms in total. The number of hydrogen-bond acceptors (Lipinski definition) is 6. The van der Waals surface area contributed by atoms with Gasteiger partial charge in [0.1, 0.15) is 11.8 Å². The molecule has 180 valence electrons. The first-order chi connectivity index (χ1) is 17.0. The zero-order valence-electron chi connectivity index (χ0n) is 20.5. The number of aromatic nitrogens is 4. The summed E-state index contributed by atoms with van der Waals surface area (Å²) >= 11 is 0. The van der Waals surface area contributed by atoms with Crippen LogP contribution in [0, 0.1) is 31.6 Å². The molecule has 3 aromatic rings. The van der Waals surface area contributed by atoms with Crippen LogP contribution in [0.2, 0.25) is 0 Å². The van der Waals surface area contributed by atoms with Gasteiger partial charge >= 0.3 is 0 Å². The number of pyridine rings is 2. The number of terminal acetylenes is 1. The van der Waals surface area contributed by atoms with Crippen LogP contribution in [0.4, 0.5) is 0 Å². The second-order valence-electron chi connectivity index (χ2n) is 7.89. The minimum absolute atomic E-state index is 0.0927. The van der Waals surface area contributed by atoms with Crippen molar-refractivity contribution in [1.82, 2.24) is 24.6 Å². The van der Waals surface area contributed by atoms with E-state index in [0.29, 0.717) is 36.1 Å². The summed E-state index contributed by atoms with van der Waals surface area (Å²) in [6, 6.07) is 7.19. The van der Waals surface area contributed by atoms with Crippen molar-refractivity contribution in [3.8, 4) is 47.8 Å². The Morgan fingerprint density at radius 3 is 2.69 bits per heavy atom. The fraction of sp³-hybridized carbons (Fsp3) is 0.333. The molecule has 0 radical (unpaired) electrons. The Hall–Kier alpha value is -4.30. The quantitative estimate of drug-likeness (QED) is 0.530. The van der Waals surface area contributed by atoms with Crippen molar-refractivity contribution in [2.75, 3.05) is 20.2 Å². The Morgan fingerprint density at radius 1 is 1.20 bits per heavy atom. The first kappa shape index (κ1) is 25.3. The lowest BCUT2D eigenvalue weighted by Crippen LogP contribution is -2.44. The van der Waals surface area contributed by atoms with Crippen molar-refractivity contribution < 1.29 is 14.3 Å². The zero-order valence-corrected chi connectivity index (χ0v) is 20.5. The van der Waals surface area contributed by atoms with Crippen LogP contribution < -0.4 is 9.47 Å². The summed E-state index contributed by atoms with van der Waals surface area (Å²) in [6.07, 6.45) is 12.9. The van der Waals surface area contributed by atoms with Crippen LogP contribution in [-0.2, 0) is 7.05 Å². The van der Waals surface area contributed by atoms with E-state index in [9.17, 15) is 4.79 Å². The molecule has 0 bridgehead atoms. The highest BCUT2D eigenvalue weighted by Gasteiger charge is 2.29. The van der Waals surface area contributed by atoms with Gasteiger partial charge in [0.2, 0.25) is 11.8 Å². The topological polar surface area (TPSA) is 82.4 Å². The molecular weight excluding hydrogens is 442 g/mol. The monoisotopic (exact) mass is 471 g/mol. The van der Waals surface area contributed by atoms with E-state index in [0.717, 1.165) is 29.7 Å². The van der Waals surface area contributed by atoms with Gasteiger partial charge in [0.25, 0.3) is 5.91 Å². The number of carbonyl (C=O) groups excluding carboxylic acids is 1. The van der Waals surface area contributed by atoms with Gasteiger partial charge in [-0.05, 0) is 44.9 Å². The van der Waals surface area contributed by atoms with Crippen LogP contribution in [0.25, 0.3) is 11.4 Å². The molecule has 0 saturated carbocycles. The predicted molar refractivity (Wildman–Crippen MR) is 134 cm³/mol.